The minimum Gasteiger partial charge on any atom is -0.322 e. The van der Waals surface area contributed by atoms with E-state index in [0.29, 0.717) is 16.9 Å². The first-order valence-corrected chi connectivity index (χ1v) is 14.8. The van der Waals surface area contributed by atoms with Gasteiger partial charge in [-0.2, -0.15) is 0 Å². The molecule has 8 nitrogen and oxygen atoms in total. The third kappa shape index (κ3) is 6.28. The maximum Gasteiger partial charge on any atom is 0.263 e. The number of rotatable bonds is 8. The molecule has 4 rings (SSSR count). The molecule has 0 spiro atoms. The second-order valence-electron chi connectivity index (χ2n) is 8.13. The highest BCUT2D eigenvalue weighted by molar-refractivity contribution is 7.93. The van der Waals surface area contributed by atoms with E-state index in [4.69, 9.17) is 23.2 Å². The molecule has 0 saturated heterocycles. The van der Waals surface area contributed by atoms with Crippen molar-refractivity contribution in [3.05, 3.63) is 112 Å². The summed E-state index contributed by atoms with van der Waals surface area (Å²) in [5.41, 5.74) is 1.67. The van der Waals surface area contributed by atoms with Crippen LogP contribution in [0.4, 0.5) is 17.1 Å². The molecule has 12 heteroatoms. The number of sulfonamides is 2. The Balaban J connectivity index is 1.51. The van der Waals surface area contributed by atoms with Crippen LogP contribution in [-0.2, 0) is 20.0 Å². The standard InChI is InChI=1S/C26H21Cl2N3O5S2/c1-17-6-2-4-8-23(17)30-38(35,36)25-16-18(10-15-22(25)28)26(32)29-19-11-13-20(14-12-19)37(33,34)31-24-9-5-3-7-21(24)27/h2-16,30-31H,1H3,(H,29,32). The van der Waals surface area contributed by atoms with E-state index in [1.54, 1.807) is 49.4 Å². The molecule has 0 aliphatic carbocycles. The lowest BCUT2D eigenvalue weighted by molar-refractivity contribution is 0.102. The molecule has 0 aromatic heterocycles. The van der Waals surface area contributed by atoms with Crippen molar-refractivity contribution in [3.63, 3.8) is 0 Å². The number of nitrogens with one attached hydrogen (secondary N) is 3. The smallest absolute Gasteiger partial charge is 0.263 e. The van der Waals surface area contributed by atoms with Crippen molar-refractivity contribution < 1.29 is 21.6 Å². The van der Waals surface area contributed by atoms with Gasteiger partial charge in [0.2, 0.25) is 0 Å². The predicted molar refractivity (Wildman–Crippen MR) is 150 cm³/mol. The van der Waals surface area contributed by atoms with Crippen LogP contribution in [0.2, 0.25) is 10.0 Å². The molecule has 3 N–H and O–H groups in total. The fourth-order valence-corrected chi connectivity index (χ4v) is 6.38. The lowest BCUT2D eigenvalue weighted by atomic mass is 10.2. The van der Waals surface area contributed by atoms with Gasteiger partial charge in [0.1, 0.15) is 4.90 Å². The predicted octanol–water partition coefficient (Wildman–Crippen LogP) is 6.16. The number of amides is 1. The zero-order valence-corrected chi connectivity index (χ0v) is 22.9. The monoisotopic (exact) mass is 589 g/mol. The molecule has 0 radical (unpaired) electrons. The van der Waals surface area contributed by atoms with Crippen LogP contribution in [0.15, 0.2) is 101 Å². The summed E-state index contributed by atoms with van der Waals surface area (Å²) in [6.07, 6.45) is 0. The lowest BCUT2D eigenvalue weighted by Gasteiger charge is -2.13. The number of anilines is 3. The summed E-state index contributed by atoms with van der Waals surface area (Å²) >= 11 is 12.2. The topological polar surface area (TPSA) is 121 Å². The van der Waals surface area contributed by atoms with Gasteiger partial charge in [-0.05, 0) is 73.2 Å². The van der Waals surface area contributed by atoms with Crippen LogP contribution in [0, 0.1) is 6.92 Å². The third-order valence-electron chi connectivity index (χ3n) is 5.41. The van der Waals surface area contributed by atoms with Gasteiger partial charge in [-0.25, -0.2) is 16.8 Å². The van der Waals surface area contributed by atoms with Gasteiger partial charge in [-0.3, -0.25) is 14.2 Å². The average molecular weight is 591 g/mol. The summed E-state index contributed by atoms with van der Waals surface area (Å²) in [5, 5.41) is 2.81. The van der Waals surface area contributed by atoms with Crippen LogP contribution in [0.1, 0.15) is 15.9 Å². The van der Waals surface area contributed by atoms with Gasteiger partial charge in [0.25, 0.3) is 26.0 Å². The zero-order valence-electron chi connectivity index (χ0n) is 19.8. The molecule has 0 aliphatic rings. The Hall–Kier alpha value is -3.57. The summed E-state index contributed by atoms with van der Waals surface area (Å²) in [4.78, 5) is 12.6. The van der Waals surface area contributed by atoms with Crippen molar-refractivity contribution >= 4 is 66.2 Å². The highest BCUT2D eigenvalue weighted by atomic mass is 35.5. The van der Waals surface area contributed by atoms with Crippen LogP contribution in [0.5, 0.6) is 0 Å². The zero-order chi connectivity index (χ0) is 27.5. The second kappa shape index (κ2) is 11.0. The average Bonchev–Trinajstić information content (AvgIpc) is 2.87. The number of hydrogen-bond acceptors (Lipinski definition) is 5. The van der Waals surface area contributed by atoms with Crippen molar-refractivity contribution in [2.24, 2.45) is 0 Å². The number of carbonyl (C=O) groups excluding carboxylic acids is 1. The minimum atomic E-state index is -4.09. The number of halogens is 2. The van der Waals surface area contributed by atoms with Gasteiger partial charge in [-0.1, -0.05) is 53.5 Å². The number of carbonyl (C=O) groups is 1. The van der Waals surface area contributed by atoms with E-state index in [2.05, 4.69) is 14.8 Å². The highest BCUT2D eigenvalue weighted by Crippen LogP contribution is 2.27. The van der Waals surface area contributed by atoms with Crippen LogP contribution in [-0.4, -0.2) is 22.7 Å². The second-order valence-corrected chi connectivity index (χ2v) is 12.3. The number of hydrogen-bond donors (Lipinski definition) is 3. The van der Waals surface area contributed by atoms with Crippen LogP contribution >= 0.6 is 23.2 Å². The van der Waals surface area contributed by atoms with Gasteiger partial charge in [0.15, 0.2) is 0 Å². The summed E-state index contributed by atoms with van der Waals surface area (Å²) in [7, 11) is -8.02. The summed E-state index contributed by atoms with van der Waals surface area (Å²) < 4.78 is 56.3. The van der Waals surface area contributed by atoms with Gasteiger partial charge in [0.05, 0.1) is 26.3 Å². The molecule has 0 heterocycles. The Bertz CT molecular complexity index is 1730. The molecule has 0 unspecified atom stereocenters. The summed E-state index contributed by atoms with van der Waals surface area (Å²) in [6, 6.07) is 22.6. The van der Waals surface area contributed by atoms with E-state index in [0.717, 1.165) is 0 Å². The maximum atomic E-state index is 13.0. The van der Waals surface area contributed by atoms with E-state index >= 15 is 0 Å². The first kappa shape index (κ1) is 27.5. The molecular weight excluding hydrogens is 569 g/mol. The molecule has 0 bridgehead atoms. The fourth-order valence-electron chi connectivity index (χ4n) is 3.41. The Morgan fingerprint density at radius 2 is 1.29 bits per heavy atom. The quantitative estimate of drug-likeness (QED) is 0.227. The molecule has 4 aromatic carbocycles. The fraction of sp³-hybridized carbons (Fsp3) is 0.0385. The van der Waals surface area contributed by atoms with Crippen molar-refractivity contribution in [3.8, 4) is 0 Å². The van der Waals surface area contributed by atoms with Crippen molar-refractivity contribution in [2.45, 2.75) is 16.7 Å². The Morgan fingerprint density at radius 1 is 0.684 bits per heavy atom. The summed E-state index contributed by atoms with van der Waals surface area (Å²) in [5.74, 6) is -0.612. The van der Waals surface area contributed by atoms with E-state index in [9.17, 15) is 21.6 Å². The molecule has 38 heavy (non-hydrogen) atoms. The molecule has 0 fully saturated rings. The molecular formula is C26H21Cl2N3O5S2. The van der Waals surface area contributed by atoms with Gasteiger partial charge in [0, 0.05) is 11.3 Å². The molecule has 0 saturated carbocycles. The maximum absolute atomic E-state index is 13.0. The molecule has 196 valence electrons. The third-order valence-corrected chi connectivity index (χ3v) is 8.97. The Labute approximate surface area is 230 Å². The number of aryl methyl sites for hydroxylation is 1. The van der Waals surface area contributed by atoms with Crippen LogP contribution in [0.25, 0.3) is 0 Å². The minimum absolute atomic E-state index is 0.0386. The molecule has 4 aromatic rings. The van der Waals surface area contributed by atoms with E-state index in [1.165, 1.54) is 48.5 Å². The first-order chi connectivity index (χ1) is 18.0. The SMILES string of the molecule is Cc1ccccc1NS(=O)(=O)c1cc(C(=O)Nc2ccc(S(=O)(=O)Nc3ccccc3Cl)cc2)ccc1Cl. The molecule has 1 amide bonds. The Morgan fingerprint density at radius 3 is 1.95 bits per heavy atom. The summed E-state index contributed by atoms with van der Waals surface area (Å²) in [6.45, 7) is 1.76. The van der Waals surface area contributed by atoms with E-state index < -0.39 is 26.0 Å². The van der Waals surface area contributed by atoms with Crippen LogP contribution < -0.4 is 14.8 Å². The largest absolute Gasteiger partial charge is 0.322 e. The highest BCUT2D eigenvalue weighted by Gasteiger charge is 2.21. The first-order valence-electron chi connectivity index (χ1n) is 11.0. The van der Waals surface area contributed by atoms with Crippen molar-refractivity contribution in [1.82, 2.24) is 0 Å². The van der Waals surface area contributed by atoms with E-state index in [-0.39, 0.29) is 31.1 Å². The van der Waals surface area contributed by atoms with E-state index in [1.807, 2.05) is 0 Å². The van der Waals surface area contributed by atoms with Crippen LogP contribution in [0.3, 0.4) is 0 Å². The van der Waals surface area contributed by atoms with Crippen molar-refractivity contribution in [2.75, 3.05) is 14.8 Å². The number of benzene rings is 4. The van der Waals surface area contributed by atoms with Crippen molar-refractivity contribution in [1.29, 1.82) is 0 Å². The normalized spacial score (nSPS) is 11.6. The lowest BCUT2D eigenvalue weighted by Crippen LogP contribution is -2.17. The number of para-hydroxylation sites is 2. The molecule has 0 atom stereocenters. The van der Waals surface area contributed by atoms with Gasteiger partial charge in [-0.15, -0.1) is 0 Å². The molecule has 0 aliphatic heterocycles. The van der Waals surface area contributed by atoms with Gasteiger partial charge < -0.3 is 5.32 Å². The van der Waals surface area contributed by atoms with Gasteiger partial charge >= 0.3 is 0 Å². The Kier molecular flexibility index (Phi) is 7.98.